The molecule has 1 heterocycles. The monoisotopic (exact) mass is 302 g/mol. The van der Waals surface area contributed by atoms with Gasteiger partial charge in [-0.05, 0) is 24.1 Å². The zero-order valence-electron chi connectivity index (χ0n) is 11.2. The van der Waals surface area contributed by atoms with Gasteiger partial charge >= 0.3 is 0 Å². The normalized spacial score (nSPS) is 11.6. The van der Waals surface area contributed by atoms with E-state index in [0.29, 0.717) is 23.2 Å². The van der Waals surface area contributed by atoms with Gasteiger partial charge in [0, 0.05) is 6.07 Å². The second-order valence-corrected chi connectivity index (χ2v) is 6.53. The Kier molecular flexibility index (Phi) is 3.62. The molecule has 0 spiro atoms. The number of rotatable bonds is 5. The number of oxazole rings is 1. The van der Waals surface area contributed by atoms with Crippen LogP contribution in [0.25, 0.3) is 11.1 Å². The number of nitrogens with one attached hydrogen (secondary N) is 1. The summed E-state index contributed by atoms with van der Waals surface area (Å²) in [6.07, 6.45) is 1.80. The number of aromatic nitrogens is 1. The van der Waals surface area contributed by atoms with E-state index in [1.807, 2.05) is 30.3 Å². The number of nitrogens with zero attached hydrogens (tertiary/aromatic N) is 1. The van der Waals surface area contributed by atoms with E-state index in [4.69, 9.17) is 4.42 Å². The van der Waals surface area contributed by atoms with Gasteiger partial charge in [0.15, 0.2) is 12.0 Å². The fourth-order valence-electron chi connectivity index (χ4n) is 2.05. The third-order valence-corrected chi connectivity index (χ3v) is 4.40. The lowest BCUT2D eigenvalue weighted by molar-refractivity contribution is 0.600. The Morgan fingerprint density at radius 2 is 1.90 bits per heavy atom. The molecule has 3 rings (SSSR count). The van der Waals surface area contributed by atoms with Crippen molar-refractivity contribution in [1.82, 2.24) is 4.98 Å². The molecule has 21 heavy (non-hydrogen) atoms. The fraction of sp³-hybridized carbons (Fsp3) is 0.133. The average molecular weight is 302 g/mol. The number of hydrogen-bond donors (Lipinski definition) is 1. The van der Waals surface area contributed by atoms with E-state index in [1.165, 1.54) is 6.39 Å². The minimum Gasteiger partial charge on any atom is -0.443 e. The lowest BCUT2D eigenvalue weighted by Gasteiger charge is -2.07. The van der Waals surface area contributed by atoms with Gasteiger partial charge in [0.25, 0.3) is 0 Å². The van der Waals surface area contributed by atoms with E-state index in [-0.39, 0.29) is 5.75 Å². The summed E-state index contributed by atoms with van der Waals surface area (Å²) >= 11 is 0. The lowest BCUT2D eigenvalue weighted by atomic mass is 10.2. The number of hydrogen-bond acceptors (Lipinski definition) is 4. The zero-order chi connectivity index (χ0) is 14.7. The van der Waals surface area contributed by atoms with E-state index in [0.717, 1.165) is 5.56 Å². The first kappa shape index (κ1) is 13.6. The Morgan fingerprint density at radius 1 is 1.10 bits per heavy atom. The van der Waals surface area contributed by atoms with Gasteiger partial charge in [-0.15, -0.1) is 0 Å². The molecule has 0 aliphatic rings. The van der Waals surface area contributed by atoms with Gasteiger partial charge in [0.1, 0.15) is 5.52 Å². The van der Waals surface area contributed by atoms with Gasteiger partial charge in [0.2, 0.25) is 10.0 Å². The first-order valence-corrected chi connectivity index (χ1v) is 8.15. The summed E-state index contributed by atoms with van der Waals surface area (Å²) in [7, 11) is -3.40. The quantitative estimate of drug-likeness (QED) is 0.786. The van der Waals surface area contributed by atoms with Crippen LogP contribution >= 0.6 is 0 Å². The van der Waals surface area contributed by atoms with E-state index < -0.39 is 10.0 Å². The third-order valence-electron chi connectivity index (χ3n) is 3.11. The van der Waals surface area contributed by atoms with E-state index in [9.17, 15) is 8.42 Å². The highest BCUT2D eigenvalue weighted by atomic mass is 32.2. The minimum atomic E-state index is -3.40. The van der Waals surface area contributed by atoms with Crippen LogP contribution in [0, 0.1) is 0 Å². The highest BCUT2D eigenvalue weighted by Gasteiger charge is 2.11. The highest BCUT2D eigenvalue weighted by molar-refractivity contribution is 7.92. The van der Waals surface area contributed by atoms with Crippen molar-refractivity contribution in [2.75, 3.05) is 10.5 Å². The molecule has 2 aromatic carbocycles. The summed E-state index contributed by atoms with van der Waals surface area (Å²) in [5, 5.41) is 0. The van der Waals surface area contributed by atoms with Crippen molar-refractivity contribution in [2.24, 2.45) is 0 Å². The number of sulfonamides is 1. The van der Waals surface area contributed by atoms with Crippen molar-refractivity contribution in [1.29, 1.82) is 0 Å². The zero-order valence-corrected chi connectivity index (χ0v) is 12.0. The molecular formula is C15H14N2O3S. The number of anilines is 1. The van der Waals surface area contributed by atoms with Crippen LogP contribution < -0.4 is 4.72 Å². The molecule has 1 N–H and O–H groups in total. The molecule has 0 saturated heterocycles. The maximum Gasteiger partial charge on any atom is 0.233 e. The van der Waals surface area contributed by atoms with Crippen molar-refractivity contribution < 1.29 is 12.8 Å². The number of fused-ring (bicyclic) bond motifs is 1. The second-order valence-electron chi connectivity index (χ2n) is 4.69. The fourth-order valence-corrected chi connectivity index (χ4v) is 3.14. The predicted octanol–water partition coefficient (Wildman–Crippen LogP) is 2.81. The van der Waals surface area contributed by atoms with Gasteiger partial charge in [-0.3, -0.25) is 4.72 Å². The van der Waals surface area contributed by atoms with E-state index in [1.54, 1.807) is 18.2 Å². The summed E-state index contributed by atoms with van der Waals surface area (Å²) in [5.41, 5.74) is 2.72. The maximum absolute atomic E-state index is 12.1. The molecule has 3 aromatic rings. The van der Waals surface area contributed by atoms with E-state index >= 15 is 0 Å². The maximum atomic E-state index is 12.1. The van der Waals surface area contributed by atoms with Crippen LogP contribution in [0.4, 0.5) is 5.69 Å². The summed E-state index contributed by atoms with van der Waals surface area (Å²) in [6.45, 7) is 0. The third kappa shape index (κ3) is 3.41. The van der Waals surface area contributed by atoms with Crippen LogP contribution in [0.2, 0.25) is 0 Å². The molecule has 0 amide bonds. The molecule has 0 unspecified atom stereocenters. The molecular weight excluding hydrogens is 288 g/mol. The van der Waals surface area contributed by atoms with Crippen molar-refractivity contribution in [2.45, 2.75) is 6.42 Å². The predicted molar refractivity (Wildman–Crippen MR) is 81.6 cm³/mol. The highest BCUT2D eigenvalue weighted by Crippen LogP contribution is 2.19. The largest absolute Gasteiger partial charge is 0.443 e. The summed E-state index contributed by atoms with van der Waals surface area (Å²) in [5.74, 6) is 0.0332. The van der Waals surface area contributed by atoms with Crippen LogP contribution in [0.3, 0.4) is 0 Å². The summed E-state index contributed by atoms with van der Waals surface area (Å²) in [6, 6.07) is 14.5. The molecule has 6 heteroatoms. The Balaban J connectivity index is 1.70. The van der Waals surface area contributed by atoms with E-state index in [2.05, 4.69) is 9.71 Å². The molecule has 5 nitrogen and oxygen atoms in total. The molecule has 0 aliphatic heterocycles. The van der Waals surface area contributed by atoms with Crippen LogP contribution in [-0.4, -0.2) is 19.2 Å². The van der Waals surface area contributed by atoms with Gasteiger partial charge in [0.05, 0.1) is 11.4 Å². The van der Waals surface area contributed by atoms with Crippen molar-refractivity contribution in [3.05, 3.63) is 60.5 Å². The summed E-state index contributed by atoms with van der Waals surface area (Å²) in [4.78, 5) is 3.99. The minimum absolute atomic E-state index is 0.0332. The standard InChI is InChI=1S/C15H14N2O3S/c18-21(19,9-8-12-4-2-1-3-5-12)17-13-6-7-14-15(10-13)20-11-16-14/h1-7,10-11,17H,8-9H2. The molecule has 0 atom stereocenters. The lowest BCUT2D eigenvalue weighted by Crippen LogP contribution is -2.18. The molecule has 0 saturated carbocycles. The molecule has 0 radical (unpaired) electrons. The second kappa shape index (κ2) is 5.57. The van der Waals surface area contributed by atoms with Crippen LogP contribution in [0.1, 0.15) is 5.56 Å². The topological polar surface area (TPSA) is 72.2 Å². The van der Waals surface area contributed by atoms with Crippen LogP contribution in [0.15, 0.2) is 59.3 Å². The van der Waals surface area contributed by atoms with Crippen molar-refractivity contribution in [3.8, 4) is 0 Å². The molecule has 1 aromatic heterocycles. The molecule has 108 valence electrons. The van der Waals surface area contributed by atoms with Gasteiger partial charge in [-0.2, -0.15) is 0 Å². The van der Waals surface area contributed by atoms with Crippen molar-refractivity contribution in [3.63, 3.8) is 0 Å². The van der Waals surface area contributed by atoms with Crippen molar-refractivity contribution >= 4 is 26.8 Å². The Labute approximate surface area is 122 Å². The van der Waals surface area contributed by atoms with Gasteiger partial charge in [-0.25, -0.2) is 13.4 Å². The Bertz CT molecular complexity index is 841. The molecule has 0 bridgehead atoms. The smallest absolute Gasteiger partial charge is 0.233 e. The summed E-state index contributed by atoms with van der Waals surface area (Å²) < 4.78 is 31.9. The van der Waals surface area contributed by atoms with Gasteiger partial charge in [-0.1, -0.05) is 30.3 Å². The molecule has 0 aliphatic carbocycles. The number of benzene rings is 2. The number of aryl methyl sites for hydroxylation is 1. The Morgan fingerprint density at radius 3 is 2.71 bits per heavy atom. The molecule has 0 fully saturated rings. The van der Waals surface area contributed by atoms with Gasteiger partial charge < -0.3 is 4.42 Å². The Hall–Kier alpha value is -2.34. The average Bonchev–Trinajstić information content (AvgIpc) is 2.93. The SMILES string of the molecule is O=S(=O)(CCc1ccccc1)Nc1ccc2ncoc2c1. The van der Waals surface area contributed by atoms with Crippen LogP contribution in [0.5, 0.6) is 0 Å². The van der Waals surface area contributed by atoms with Crippen LogP contribution in [-0.2, 0) is 16.4 Å². The first-order valence-electron chi connectivity index (χ1n) is 6.50. The first-order chi connectivity index (χ1) is 10.1.